The molecule has 2 rings (SSSR count). The number of pyridine rings is 1. The molecule has 2 aromatic rings. The van der Waals surface area contributed by atoms with Gasteiger partial charge in [0.2, 0.25) is 0 Å². The van der Waals surface area contributed by atoms with Crippen molar-refractivity contribution in [2.24, 2.45) is 5.73 Å². The van der Waals surface area contributed by atoms with Gasteiger partial charge >= 0.3 is 0 Å². The zero-order valence-electron chi connectivity index (χ0n) is 9.34. The Morgan fingerprint density at radius 2 is 2.00 bits per heavy atom. The quantitative estimate of drug-likeness (QED) is 0.840. The predicted molar refractivity (Wildman–Crippen MR) is 64.6 cm³/mol. The first-order valence-electron chi connectivity index (χ1n) is 5.34. The van der Waals surface area contributed by atoms with Crippen molar-refractivity contribution < 1.29 is 9.84 Å². The highest BCUT2D eigenvalue weighted by Crippen LogP contribution is 2.25. The first kappa shape index (κ1) is 11.4. The van der Waals surface area contributed by atoms with E-state index in [0.29, 0.717) is 18.9 Å². The molecule has 0 aliphatic heterocycles. The second kappa shape index (κ2) is 5.32. The van der Waals surface area contributed by atoms with Gasteiger partial charge in [0.1, 0.15) is 6.61 Å². The number of hydrogen-bond acceptors (Lipinski definition) is 4. The molecule has 4 heteroatoms. The first-order valence-corrected chi connectivity index (χ1v) is 5.34. The number of benzene rings is 1. The van der Waals surface area contributed by atoms with Crippen molar-refractivity contribution in [2.45, 2.75) is 13.2 Å². The van der Waals surface area contributed by atoms with E-state index < -0.39 is 0 Å². The third-order valence-electron chi connectivity index (χ3n) is 2.47. The number of ether oxygens (including phenoxy) is 1. The summed E-state index contributed by atoms with van der Waals surface area (Å²) in [5.74, 6) is 0.588. The number of rotatable bonds is 4. The lowest BCUT2D eigenvalue weighted by atomic mass is 10.1. The molecule has 0 unspecified atom stereocenters. The number of para-hydroxylation sites is 2. The van der Waals surface area contributed by atoms with Crippen molar-refractivity contribution in [3.63, 3.8) is 0 Å². The maximum Gasteiger partial charge on any atom is 0.161 e. The normalized spacial score (nSPS) is 10.2. The van der Waals surface area contributed by atoms with Crippen molar-refractivity contribution in [1.82, 2.24) is 4.98 Å². The Bertz CT molecular complexity index is 500. The standard InChI is InChI=1S/C13H14N2O2/c14-7-10-5-6-15-8-11(10)9-17-13-4-2-1-3-12(13)16/h1-6,8,16H,7,9,14H2. The summed E-state index contributed by atoms with van der Waals surface area (Å²) in [7, 11) is 0. The van der Waals surface area contributed by atoms with E-state index in [0.717, 1.165) is 11.1 Å². The van der Waals surface area contributed by atoms with E-state index in [-0.39, 0.29) is 5.75 Å². The molecule has 0 spiro atoms. The van der Waals surface area contributed by atoms with E-state index in [1.165, 1.54) is 0 Å². The molecule has 0 saturated carbocycles. The van der Waals surface area contributed by atoms with Crippen LogP contribution in [0.4, 0.5) is 0 Å². The van der Waals surface area contributed by atoms with E-state index >= 15 is 0 Å². The number of hydrogen-bond donors (Lipinski definition) is 2. The van der Waals surface area contributed by atoms with Crippen LogP contribution in [0.1, 0.15) is 11.1 Å². The van der Waals surface area contributed by atoms with Crippen molar-refractivity contribution in [2.75, 3.05) is 0 Å². The van der Waals surface area contributed by atoms with Gasteiger partial charge in [-0.05, 0) is 23.8 Å². The number of phenolic OH excluding ortho intramolecular Hbond substituents is 1. The average Bonchev–Trinajstić information content (AvgIpc) is 2.38. The van der Waals surface area contributed by atoms with Gasteiger partial charge in [0, 0.05) is 24.5 Å². The summed E-state index contributed by atoms with van der Waals surface area (Å²) in [6.07, 6.45) is 3.42. The molecule has 3 N–H and O–H groups in total. The Hall–Kier alpha value is -2.07. The molecule has 0 saturated heterocycles. The van der Waals surface area contributed by atoms with Crippen molar-refractivity contribution in [1.29, 1.82) is 0 Å². The van der Waals surface area contributed by atoms with E-state index in [2.05, 4.69) is 4.98 Å². The Morgan fingerprint density at radius 1 is 1.18 bits per heavy atom. The molecule has 0 radical (unpaired) electrons. The van der Waals surface area contributed by atoms with Crippen LogP contribution in [-0.4, -0.2) is 10.1 Å². The zero-order valence-corrected chi connectivity index (χ0v) is 9.34. The Kier molecular flexibility index (Phi) is 3.57. The van der Waals surface area contributed by atoms with Crippen LogP contribution in [0.5, 0.6) is 11.5 Å². The van der Waals surface area contributed by atoms with Crippen LogP contribution in [0, 0.1) is 0 Å². The molecular weight excluding hydrogens is 216 g/mol. The van der Waals surface area contributed by atoms with Gasteiger partial charge in [-0.15, -0.1) is 0 Å². The molecule has 0 atom stereocenters. The minimum atomic E-state index is 0.130. The summed E-state index contributed by atoms with van der Waals surface area (Å²) < 4.78 is 5.52. The lowest BCUT2D eigenvalue weighted by molar-refractivity contribution is 0.287. The highest BCUT2D eigenvalue weighted by Gasteiger charge is 2.04. The molecule has 0 fully saturated rings. The summed E-state index contributed by atoms with van der Waals surface area (Å²) in [5.41, 5.74) is 7.54. The minimum Gasteiger partial charge on any atom is -0.504 e. The monoisotopic (exact) mass is 230 g/mol. The lowest BCUT2D eigenvalue weighted by Crippen LogP contribution is -2.05. The summed E-state index contributed by atoms with van der Waals surface area (Å²) in [5, 5.41) is 9.55. The molecule has 1 aromatic heterocycles. The molecule has 0 aliphatic carbocycles. The maximum absolute atomic E-state index is 9.55. The summed E-state index contributed by atoms with van der Waals surface area (Å²) >= 11 is 0. The van der Waals surface area contributed by atoms with Crippen molar-refractivity contribution in [3.05, 3.63) is 53.9 Å². The Labute approximate surface area is 99.7 Å². The molecule has 0 amide bonds. The van der Waals surface area contributed by atoms with Gasteiger partial charge in [-0.1, -0.05) is 12.1 Å². The zero-order chi connectivity index (χ0) is 12.1. The summed E-state index contributed by atoms with van der Waals surface area (Å²) in [4.78, 5) is 4.03. The number of phenols is 1. The Morgan fingerprint density at radius 3 is 2.76 bits per heavy atom. The highest BCUT2D eigenvalue weighted by molar-refractivity contribution is 5.38. The third kappa shape index (κ3) is 2.73. The number of aromatic hydroxyl groups is 1. The fourth-order valence-corrected chi connectivity index (χ4v) is 1.52. The minimum absolute atomic E-state index is 0.130. The van der Waals surface area contributed by atoms with Crippen molar-refractivity contribution >= 4 is 0 Å². The van der Waals surface area contributed by atoms with Gasteiger partial charge in [-0.3, -0.25) is 4.98 Å². The van der Waals surface area contributed by atoms with Gasteiger partial charge in [0.15, 0.2) is 11.5 Å². The molecule has 4 nitrogen and oxygen atoms in total. The first-order chi connectivity index (χ1) is 8.31. The average molecular weight is 230 g/mol. The van der Waals surface area contributed by atoms with E-state index in [1.54, 1.807) is 30.6 Å². The van der Waals surface area contributed by atoms with Crippen LogP contribution < -0.4 is 10.5 Å². The predicted octanol–water partition coefficient (Wildman–Crippen LogP) is 1.82. The largest absolute Gasteiger partial charge is 0.504 e. The SMILES string of the molecule is NCc1ccncc1COc1ccccc1O. The van der Waals surface area contributed by atoms with E-state index in [9.17, 15) is 5.11 Å². The molecule has 0 bridgehead atoms. The molecule has 17 heavy (non-hydrogen) atoms. The maximum atomic E-state index is 9.55. The molecule has 0 aliphatic rings. The molecular formula is C13H14N2O2. The second-order valence-corrected chi connectivity index (χ2v) is 3.60. The topological polar surface area (TPSA) is 68.4 Å². The number of nitrogens with two attached hydrogens (primary N) is 1. The van der Waals surface area contributed by atoms with Crippen LogP contribution in [0.15, 0.2) is 42.7 Å². The van der Waals surface area contributed by atoms with Gasteiger partial charge in [-0.2, -0.15) is 0 Å². The van der Waals surface area contributed by atoms with Gasteiger partial charge in [0.25, 0.3) is 0 Å². The third-order valence-corrected chi connectivity index (χ3v) is 2.47. The summed E-state index contributed by atoms with van der Waals surface area (Å²) in [6.45, 7) is 0.792. The fourth-order valence-electron chi connectivity index (χ4n) is 1.52. The van der Waals surface area contributed by atoms with Crippen molar-refractivity contribution in [3.8, 4) is 11.5 Å². The van der Waals surface area contributed by atoms with Gasteiger partial charge in [0.05, 0.1) is 0 Å². The van der Waals surface area contributed by atoms with Gasteiger partial charge < -0.3 is 15.6 Å². The smallest absolute Gasteiger partial charge is 0.161 e. The molecule has 88 valence electrons. The summed E-state index contributed by atoms with van der Waals surface area (Å²) in [6, 6.07) is 8.72. The second-order valence-electron chi connectivity index (χ2n) is 3.60. The number of aromatic nitrogens is 1. The van der Waals surface area contributed by atoms with Gasteiger partial charge in [-0.25, -0.2) is 0 Å². The van der Waals surface area contributed by atoms with Crippen LogP contribution in [0.25, 0.3) is 0 Å². The van der Waals surface area contributed by atoms with Crippen LogP contribution in [0.2, 0.25) is 0 Å². The van der Waals surface area contributed by atoms with E-state index in [4.69, 9.17) is 10.5 Å². The number of nitrogens with zero attached hydrogens (tertiary/aromatic N) is 1. The lowest BCUT2D eigenvalue weighted by Gasteiger charge is -2.10. The highest BCUT2D eigenvalue weighted by atomic mass is 16.5. The van der Waals surface area contributed by atoms with E-state index in [1.807, 2.05) is 12.1 Å². The van der Waals surface area contributed by atoms with Crippen LogP contribution in [0.3, 0.4) is 0 Å². The molecule has 1 aromatic carbocycles. The Balaban J connectivity index is 2.10. The van der Waals surface area contributed by atoms with Crippen LogP contribution in [-0.2, 0) is 13.2 Å². The molecule has 1 heterocycles. The fraction of sp³-hybridized carbons (Fsp3) is 0.154. The van der Waals surface area contributed by atoms with Crippen LogP contribution >= 0.6 is 0 Å².